The molecule has 0 saturated heterocycles. The topological polar surface area (TPSA) is 28.2 Å². The Morgan fingerprint density at radius 3 is 2.68 bits per heavy atom. The summed E-state index contributed by atoms with van der Waals surface area (Å²) < 4.78 is 0. The first kappa shape index (κ1) is 16.4. The van der Waals surface area contributed by atoms with Gasteiger partial charge in [-0.25, -0.2) is 4.98 Å². The third-order valence-corrected chi connectivity index (χ3v) is 5.89. The maximum absolute atomic E-state index is 4.55. The lowest BCUT2D eigenvalue weighted by molar-refractivity contribution is 0.263. The van der Waals surface area contributed by atoms with E-state index in [1.165, 1.54) is 55.5 Å². The molecule has 25 heavy (non-hydrogen) atoms. The molecule has 3 heteroatoms. The smallest absolute Gasteiger partial charge is 0.135 e. The van der Waals surface area contributed by atoms with E-state index in [2.05, 4.69) is 52.5 Å². The summed E-state index contributed by atoms with van der Waals surface area (Å²) in [6.07, 6.45) is 10.2. The van der Waals surface area contributed by atoms with Crippen LogP contribution in [0.15, 0.2) is 42.6 Å². The molecule has 1 N–H and O–H groups in total. The molecule has 0 spiro atoms. The van der Waals surface area contributed by atoms with E-state index in [0.29, 0.717) is 0 Å². The summed E-state index contributed by atoms with van der Waals surface area (Å²) in [5.74, 6) is 2.80. The molecule has 1 aromatic heterocycles. The van der Waals surface area contributed by atoms with Gasteiger partial charge in [0.25, 0.3) is 0 Å². The molecule has 1 aliphatic heterocycles. The molecule has 0 amide bonds. The number of nitrogens with zero attached hydrogens (tertiary/aromatic N) is 2. The van der Waals surface area contributed by atoms with Crippen LogP contribution in [-0.2, 0) is 6.54 Å². The zero-order valence-corrected chi connectivity index (χ0v) is 15.2. The number of pyridine rings is 1. The summed E-state index contributed by atoms with van der Waals surface area (Å²) in [6.45, 7) is 4.42. The highest BCUT2D eigenvalue weighted by Gasteiger charge is 2.25. The van der Waals surface area contributed by atoms with Crippen molar-refractivity contribution in [1.82, 2.24) is 4.98 Å². The van der Waals surface area contributed by atoms with Gasteiger partial charge in [0.15, 0.2) is 0 Å². The fraction of sp³-hybridized carbons (Fsp3) is 0.500. The van der Waals surface area contributed by atoms with Crippen molar-refractivity contribution in [3.63, 3.8) is 0 Å². The number of anilines is 3. The first-order valence-corrected chi connectivity index (χ1v) is 9.88. The molecule has 1 fully saturated rings. The van der Waals surface area contributed by atoms with E-state index in [0.717, 1.165) is 30.7 Å². The summed E-state index contributed by atoms with van der Waals surface area (Å²) in [4.78, 5) is 7.12. The lowest BCUT2D eigenvalue weighted by Crippen LogP contribution is -2.31. The minimum Gasteiger partial charge on any atom is -0.365 e. The molecule has 3 nitrogen and oxygen atoms in total. The van der Waals surface area contributed by atoms with Gasteiger partial charge in [-0.1, -0.05) is 50.8 Å². The third kappa shape index (κ3) is 3.65. The normalized spacial score (nSPS) is 22.5. The average molecular weight is 335 g/mol. The molecule has 2 aliphatic rings. The van der Waals surface area contributed by atoms with Crippen molar-refractivity contribution >= 4 is 17.2 Å². The minimum absolute atomic E-state index is 0.819. The van der Waals surface area contributed by atoms with Crippen molar-refractivity contribution in [3.8, 4) is 0 Å². The first-order valence-electron chi connectivity index (χ1n) is 9.88. The highest BCUT2D eigenvalue weighted by atomic mass is 15.2. The van der Waals surface area contributed by atoms with E-state index in [-0.39, 0.29) is 0 Å². The highest BCUT2D eigenvalue weighted by Crippen LogP contribution is 2.37. The van der Waals surface area contributed by atoms with Crippen LogP contribution in [0.3, 0.4) is 0 Å². The van der Waals surface area contributed by atoms with Crippen molar-refractivity contribution in [2.45, 2.75) is 52.0 Å². The van der Waals surface area contributed by atoms with Crippen LogP contribution in [-0.4, -0.2) is 11.5 Å². The summed E-state index contributed by atoms with van der Waals surface area (Å²) in [5.41, 5.74) is 3.79. The van der Waals surface area contributed by atoms with Gasteiger partial charge in [-0.2, -0.15) is 0 Å². The van der Waals surface area contributed by atoms with Crippen LogP contribution in [0.2, 0.25) is 0 Å². The van der Waals surface area contributed by atoms with Gasteiger partial charge in [-0.05, 0) is 42.9 Å². The van der Waals surface area contributed by atoms with Crippen LogP contribution in [0.4, 0.5) is 17.2 Å². The van der Waals surface area contributed by atoms with Crippen molar-refractivity contribution in [3.05, 3.63) is 48.2 Å². The third-order valence-electron chi connectivity index (χ3n) is 5.89. The number of hydrogen-bond acceptors (Lipinski definition) is 3. The summed E-state index contributed by atoms with van der Waals surface area (Å²) in [5, 5.41) is 3.54. The van der Waals surface area contributed by atoms with Gasteiger partial charge in [0, 0.05) is 24.8 Å². The first-order chi connectivity index (χ1) is 12.3. The number of para-hydroxylation sites is 2. The number of nitrogens with one attached hydrogen (secondary N) is 1. The Kier molecular flexibility index (Phi) is 4.91. The molecule has 2 heterocycles. The molecule has 0 unspecified atom stereocenters. The van der Waals surface area contributed by atoms with E-state index in [1.54, 1.807) is 0 Å². The molecule has 1 aliphatic carbocycles. The van der Waals surface area contributed by atoms with Crippen molar-refractivity contribution in [1.29, 1.82) is 0 Å². The molecule has 0 atom stereocenters. The lowest BCUT2D eigenvalue weighted by atomic mass is 9.80. The largest absolute Gasteiger partial charge is 0.365 e. The second-order valence-electron chi connectivity index (χ2n) is 7.71. The number of aromatic nitrogens is 1. The van der Waals surface area contributed by atoms with Crippen molar-refractivity contribution in [2.75, 3.05) is 16.8 Å². The summed E-state index contributed by atoms with van der Waals surface area (Å²) in [7, 11) is 0. The van der Waals surface area contributed by atoms with Gasteiger partial charge >= 0.3 is 0 Å². The Balaban J connectivity index is 1.53. The number of fused-ring (bicyclic) bond motifs is 2. The van der Waals surface area contributed by atoms with E-state index in [1.807, 2.05) is 12.3 Å². The second-order valence-corrected chi connectivity index (χ2v) is 7.71. The maximum Gasteiger partial charge on any atom is 0.135 e. The summed E-state index contributed by atoms with van der Waals surface area (Å²) >= 11 is 0. The molecule has 4 rings (SSSR count). The van der Waals surface area contributed by atoms with Crippen LogP contribution in [0, 0.1) is 11.8 Å². The predicted octanol–water partition coefficient (Wildman–Crippen LogP) is 5.75. The van der Waals surface area contributed by atoms with Crippen LogP contribution in [0.25, 0.3) is 0 Å². The number of rotatable bonds is 4. The SMILES string of the molecule is CCCC1CCC(CN2Cc3cccnc3Nc3ccccc32)CC1. The van der Waals surface area contributed by atoms with Crippen LogP contribution in [0.5, 0.6) is 0 Å². The standard InChI is InChI=1S/C22H29N3/c1-2-6-17-10-12-18(13-11-17)15-25-16-19-7-5-14-23-22(19)24-20-8-3-4-9-21(20)25/h3-5,7-9,14,17-18H,2,6,10-13,15-16H2,1H3,(H,23,24). The average Bonchev–Trinajstić information content (AvgIpc) is 2.80. The second kappa shape index (κ2) is 7.47. The molecule has 2 aromatic rings. The molecule has 0 radical (unpaired) electrons. The molecular formula is C22H29N3. The van der Waals surface area contributed by atoms with Crippen LogP contribution >= 0.6 is 0 Å². The maximum atomic E-state index is 4.55. The van der Waals surface area contributed by atoms with Crippen LogP contribution in [0.1, 0.15) is 51.0 Å². The molecular weight excluding hydrogens is 306 g/mol. The minimum atomic E-state index is 0.819. The van der Waals surface area contributed by atoms with Crippen LogP contribution < -0.4 is 10.2 Å². The number of hydrogen-bond donors (Lipinski definition) is 1. The Labute approximate surface area is 151 Å². The van der Waals surface area contributed by atoms with E-state index in [4.69, 9.17) is 0 Å². The molecule has 132 valence electrons. The Bertz CT molecular complexity index is 704. The zero-order valence-electron chi connectivity index (χ0n) is 15.2. The van der Waals surface area contributed by atoms with Gasteiger partial charge in [0.05, 0.1) is 11.4 Å². The molecule has 1 saturated carbocycles. The van der Waals surface area contributed by atoms with Gasteiger partial charge in [-0.15, -0.1) is 0 Å². The van der Waals surface area contributed by atoms with Crippen molar-refractivity contribution in [2.24, 2.45) is 11.8 Å². The van der Waals surface area contributed by atoms with Crippen molar-refractivity contribution < 1.29 is 0 Å². The number of benzene rings is 1. The fourth-order valence-corrected chi connectivity index (χ4v) is 4.54. The summed E-state index contributed by atoms with van der Waals surface area (Å²) in [6, 6.07) is 12.9. The van der Waals surface area contributed by atoms with Gasteiger partial charge in [-0.3, -0.25) is 0 Å². The molecule has 0 bridgehead atoms. The fourth-order valence-electron chi connectivity index (χ4n) is 4.54. The van der Waals surface area contributed by atoms with E-state index < -0.39 is 0 Å². The predicted molar refractivity (Wildman–Crippen MR) is 105 cm³/mol. The Hall–Kier alpha value is -2.03. The lowest BCUT2D eigenvalue weighted by Gasteiger charge is -2.34. The van der Waals surface area contributed by atoms with Gasteiger partial charge in [0.2, 0.25) is 0 Å². The monoisotopic (exact) mass is 335 g/mol. The van der Waals surface area contributed by atoms with E-state index >= 15 is 0 Å². The van der Waals surface area contributed by atoms with Gasteiger partial charge in [0.1, 0.15) is 5.82 Å². The Morgan fingerprint density at radius 1 is 1.04 bits per heavy atom. The highest BCUT2D eigenvalue weighted by molar-refractivity contribution is 5.77. The molecule has 1 aromatic carbocycles. The van der Waals surface area contributed by atoms with Gasteiger partial charge < -0.3 is 10.2 Å². The zero-order chi connectivity index (χ0) is 17.1. The quantitative estimate of drug-likeness (QED) is 0.771. The Morgan fingerprint density at radius 2 is 1.84 bits per heavy atom. The van der Waals surface area contributed by atoms with E-state index in [9.17, 15) is 0 Å².